The molecule has 1 saturated heterocycles. The van der Waals surface area contributed by atoms with E-state index >= 15 is 0 Å². The molecule has 1 aromatic carbocycles. The van der Waals surface area contributed by atoms with Crippen molar-refractivity contribution >= 4 is 5.91 Å². The van der Waals surface area contributed by atoms with E-state index in [1.807, 2.05) is 17.0 Å². The van der Waals surface area contributed by atoms with Crippen molar-refractivity contribution in [2.75, 3.05) is 40.5 Å². The predicted octanol–water partition coefficient (Wildman–Crippen LogP) is 0.577. The number of nitrogens with one attached hydrogen (secondary N) is 1. The molecule has 1 atom stereocenters. The first-order chi connectivity index (χ1) is 10.7. The third kappa shape index (κ3) is 2.89. The largest absolute Gasteiger partial charge is 0.493 e. The Morgan fingerprint density at radius 2 is 2.00 bits per heavy atom. The Morgan fingerprint density at radius 1 is 1.27 bits per heavy atom. The molecule has 1 amide bonds. The molecular weight excluding hydrogens is 284 g/mol. The van der Waals surface area contributed by atoms with Crippen LogP contribution >= 0.6 is 0 Å². The Bertz CT molecular complexity index is 555. The number of ether oxygens (including phenoxy) is 3. The molecule has 3 rings (SSSR count). The van der Waals surface area contributed by atoms with Gasteiger partial charge in [-0.05, 0) is 29.7 Å². The van der Waals surface area contributed by atoms with Crippen LogP contribution in [-0.2, 0) is 22.5 Å². The summed E-state index contributed by atoms with van der Waals surface area (Å²) in [5, 5.41) is 3.20. The van der Waals surface area contributed by atoms with Gasteiger partial charge in [0.1, 0.15) is 6.10 Å². The van der Waals surface area contributed by atoms with Gasteiger partial charge in [-0.25, -0.2) is 0 Å². The Hall–Kier alpha value is -1.79. The fourth-order valence-electron chi connectivity index (χ4n) is 3.00. The highest BCUT2D eigenvalue weighted by atomic mass is 16.5. The number of hydrogen-bond donors (Lipinski definition) is 1. The van der Waals surface area contributed by atoms with Gasteiger partial charge in [0.2, 0.25) is 0 Å². The number of methoxy groups -OCH3 is 2. The van der Waals surface area contributed by atoms with E-state index in [0.29, 0.717) is 32.0 Å². The monoisotopic (exact) mass is 306 g/mol. The molecule has 1 aromatic rings. The van der Waals surface area contributed by atoms with Crippen molar-refractivity contribution in [1.29, 1.82) is 0 Å². The van der Waals surface area contributed by atoms with Crippen LogP contribution in [0.2, 0.25) is 0 Å². The van der Waals surface area contributed by atoms with Gasteiger partial charge in [-0.2, -0.15) is 0 Å². The molecule has 22 heavy (non-hydrogen) atoms. The van der Waals surface area contributed by atoms with E-state index in [-0.39, 0.29) is 12.0 Å². The number of carbonyl (C=O) groups is 1. The summed E-state index contributed by atoms with van der Waals surface area (Å²) in [6, 6.07) is 3.97. The first kappa shape index (κ1) is 15.1. The van der Waals surface area contributed by atoms with Crippen molar-refractivity contribution < 1.29 is 19.0 Å². The average molecular weight is 306 g/mol. The average Bonchev–Trinajstić information content (AvgIpc) is 2.60. The van der Waals surface area contributed by atoms with E-state index in [1.165, 1.54) is 5.56 Å². The van der Waals surface area contributed by atoms with Crippen molar-refractivity contribution in [2.24, 2.45) is 0 Å². The van der Waals surface area contributed by atoms with Gasteiger partial charge in [0.05, 0.1) is 20.8 Å². The molecule has 0 aromatic heterocycles. The smallest absolute Gasteiger partial charge is 0.253 e. The summed E-state index contributed by atoms with van der Waals surface area (Å²) >= 11 is 0. The van der Waals surface area contributed by atoms with Crippen molar-refractivity contribution in [2.45, 2.75) is 19.1 Å². The van der Waals surface area contributed by atoms with E-state index in [4.69, 9.17) is 14.2 Å². The first-order valence-electron chi connectivity index (χ1n) is 7.58. The summed E-state index contributed by atoms with van der Waals surface area (Å²) in [6.07, 6.45) is 0.456. The van der Waals surface area contributed by atoms with Crippen molar-refractivity contribution in [3.8, 4) is 11.5 Å². The highest BCUT2D eigenvalue weighted by Crippen LogP contribution is 2.33. The second-order valence-electron chi connectivity index (χ2n) is 5.55. The van der Waals surface area contributed by atoms with E-state index in [1.54, 1.807) is 14.2 Å². The maximum absolute atomic E-state index is 12.5. The quantitative estimate of drug-likeness (QED) is 0.885. The van der Waals surface area contributed by atoms with Gasteiger partial charge in [-0.3, -0.25) is 4.79 Å². The minimum Gasteiger partial charge on any atom is -0.493 e. The topological polar surface area (TPSA) is 60.0 Å². The van der Waals surface area contributed by atoms with Gasteiger partial charge < -0.3 is 24.4 Å². The summed E-state index contributed by atoms with van der Waals surface area (Å²) in [4.78, 5) is 14.4. The molecule has 0 saturated carbocycles. The number of morpholine rings is 1. The van der Waals surface area contributed by atoms with Crippen LogP contribution in [0.25, 0.3) is 0 Å². The van der Waals surface area contributed by atoms with Crippen LogP contribution in [0.3, 0.4) is 0 Å². The highest BCUT2D eigenvalue weighted by molar-refractivity contribution is 5.81. The Kier molecular flexibility index (Phi) is 4.49. The number of fused-ring (bicyclic) bond motifs is 1. The zero-order valence-electron chi connectivity index (χ0n) is 13.1. The Labute approximate surface area is 130 Å². The molecule has 6 nitrogen and oxygen atoms in total. The summed E-state index contributed by atoms with van der Waals surface area (Å²) in [5.74, 6) is 1.50. The Morgan fingerprint density at radius 3 is 2.64 bits per heavy atom. The molecule has 2 heterocycles. The van der Waals surface area contributed by atoms with Crippen LogP contribution in [0.15, 0.2) is 12.1 Å². The first-order valence-corrected chi connectivity index (χ1v) is 7.58. The molecule has 0 aliphatic carbocycles. The van der Waals surface area contributed by atoms with Crippen LogP contribution in [-0.4, -0.2) is 57.4 Å². The SMILES string of the molecule is COc1cc2c(cc1OC)CN(C(=O)[C@@H]1CNCCO1)CC2. The fraction of sp³-hybridized carbons (Fsp3) is 0.562. The van der Waals surface area contributed by atoms with E-state index < -0.39 is 0 Å². The third-order valence-electron chi connectivity index (χ3n) is 4.23. The van der Waals surface area contributed by atoms with Crippen molar-refractivity contribution in [3.05, 3.63) is 23.3 Å². The van der Waals surface area contributed by atoms with E-state index in [9.17, 15) is 4.79 Å². The minimum absolute atomic E-state index is 0.0626. The molecule has 0 radical (unpaired) electrons. The van der Waals surface area contributed by atoms with Gasteiger partial charge in [-0.1, -0.05) is 0 Å². The van der Waals surface area contributed by atoms with Gasteiger partial charge in [0.15, 0.2) is 11.5 Å². The summed E-state index contributed by atoms with van der Waals surface area (Å²) < 4.78 is 16.3. The summed E-state index contributed by atoms with van der Waals surface area (Å²) in [7, 11) is 3.26. The molecule has 0 unspecified atom stereocenters. The van der Waals surface area contributed by atoms with Gasteiger partial charge in [0, 0.05) is 26.2 Å². The normalized spacial score (nSPS) is 21.2. The Balaban J connectivity index is 1.76. The lowest BCUT2D eigenvalue weighted by atomic mass is 9.98. The molecule has 1 N–H and O–H groups in total. The number of benzene rings is 1. The number of hydrogen-bond acceptors (Lipinski definition) is 5. The standard InChI is InChI=1S/C16H22N2O4/c1-20-13-7-11-3-5-18(10-12(11)8-14(13)21-2)16(19)15-9-17-4-6-22-15/h7-8,15,17H,3-6,9-10H2,1-2H3/t15-/m0/s1. The number of carbonyl (C=O) groups excluding carboxylic acids is 1. The predicted molar refractivity (Wildman–Crippen MR) is 81.3 cm³/mol. The number of amides is 1. The maximum atomic E-state index is 12.5. The number of rotatable bonds is 3. The van der Waals surface area contributed by atoms with Crippen LogP contribution in [0, 0.1) is 0 Å². The van der Waals surface area contributed by atoms with E-state index in [2.05, 4.69) is 5.32 Å². The lowest BCUT2D eigenvalue weighted by Crippen LogP contribution is -2.50. The maximum Gasteiger partial charge on any atom is 0.253 e. The second-order valence-corrected chi connectivity index (χ2v) is 5.55. The molecule has 2 aliphatic rings. The molecule has 2 aliphatic heterocycles. The molecule has 6 heteroatoms. The van der Waals surface area contributed by atoms with Crippen molar-refractivity contribution in [3.63, 3.8) is 0 Å². The van der Waals surface area contributed by atoms with Crippen LogP contribution < -0.4 is 14.8 Å². The lowest BCUT2D eigenvalue weighted by molar-refractivity contribution is -0.146. The third-order valence-corrected chi connectivity index (χ3v) is 4.23. The van der Waals surface area contributed by atoms with Crippen molar-refractivity contribution in [1.82, 2.24) is 10.2 Å². The molecule has 1 fully saturated rings. The second kappa shape index (κ2) is 6.54. The zero-order chi connectivity index (χ0) is 15.5. The molecule has 120 valence electrons. The summed E-state index contributed by atoms with van der Waals surface area (Å²) in [5.41, 5.74) is 2.32. The lowest BCUT2D eigenvalue weighted by Gasteiger charge is -2.33. The number of nitrogens with zero attached hydrogens (tertiary/aromatic N) is 1. The van der Waals surface area contributed by atoms with E-state index in [0.717, 1.165) is 24.3 Å². The van der Waals surface area contributed by atoms with Gasteiger partial charge >= 0.3 is 0 Å². The van der Waals surface area contributed by atoms with Crippen LogP contribution in [0.5, 0.6) is 11.5 Å². The molecule has 0 spiro atoms. The summed E-state index contributed by atoms with van der Waals surface area (Å²) in [6.45, 7) is 3.29. The highest BCUT2D eigenvalue weighted by Gasteiger charge is 2.29. The van der Waals surface area contributed by atoms with Crippen LogP contribution in [0.1, 0.15) is 11.1 Å². The fourth-order valence-corrected chi connectivity index (χ4v) is 3.00. The molecule has 0 bridgehead atoms. The van der Waals surface area contributed by atoms with Crippen LogP contribution in [0.4, 0.5) is 0 Å². The zero-order valence-corrected chi connectivity index (χ0v) is 13.1. The molecular formula is C16H22N2O4. The van der Waals surface area contributed by atoms with Gasteiger partial charge in [0.25, 0.3) is 5.91 Å². The minimum atomic E-state index is -0.365. The van der Waals surface area contributed by atoms with Gasteiger partial charge in [-0.15, -0.1) is 0 Å².